The molecule has 0 saturated carbocycles. The van der Waals surface area contributed by atoms with Gasteiger partial charge in [-0.1, -0.05) is 35.9 Å². The summed E-state index contributed by atoms with van der Waals surface area (Å²) >= 11 is 0. The molecule has 1 amide bonds. The lowest BCUT2D eigenvalue weighted by atomic mass is 9.96. The molecule has 1 aromatic heterocycles. The van der Waals surface area contributed by atoms with Crippen molar-refractivity contribution in [1.29, 1.82) is 0 Å². The average molecular weight is 458 g/mol. The van der Waals surface area contributed by atoms with Crippen molar-refractivity contribution in [3.63, 3.8) is 0 Å². The number of rotatable bonds is 6. The van der Waals surface area contributed by atoms with Gasteiger partial charge in [0.2, 0.25) is 5.91 Å². The first-order valence-electron chi connectivity index (χ1n) is 11.3. The molecule has 4 aromatic rings. The fourth-order valence-electron chi connectivity index (χ4n) is 4.02. The van der Waals surface area contributed by atoms with Gasteiger partial charge in [-0.2, -0.15) is 0 Å². The molecule has 0 saturated heterocycles. The molecule has 0 aliphatic carbocycles. The Labute approximate surface area is 199 Å². The van der Waals surface area contributed by atoms with Crippen LogP contribution in [0.4, 0.5) is 10.1 Å². The van der Waals surface area contributed by atoms with Gasteiger partial charge in [0.05, 0.1) is 12.9 Å². The van der Waals surface area contributed by atoms with E-state index in [0.29, 0.717) is 23.6 Å². The number of ether oxygens (including phenoxy) is 1. The van der Waals surface area contributed by atoms with Crippen LogP contribution < -0.4 is 10.1 Å². The summed E-state index contributed by atoms with van der Waals surface area (Å²) in [6.45, 7) is 9.96. The molecule has 0 unspecified atom stereocenters. The van der Waals surface area contributed by atoms with Gasteiger partial charge in [0, 0.05) is 33.8 Å². The Morgan fingerprint density at radius 2 is 1.82 bits per heavy atom. The van der Waals surface area contributed by atoms with Crippen molar-refractivity contribution in [1.82, 2.24) is 0 Å². The van der Waals surface area contributed by atoms with E-state index >= 15 is 0 Å². The Bertz CT molecular complexity index is 1400. The molecule has 0 aliphatic heterocycles. The lowest BCUT2D eigenvalue weighted by molar-refractivity contribution is -0.111. The van der Waals surface area contributed by atoms with Gasteiger partial charge < -0.3 is 14.5 Å². The van der Waals surface area contributed by atoms with Gasteiger partial charge in [-0.05, 0) is 69.5 Å². The Morgan fingerprint density at radius 1 is 1.09 bits per heavy atom. The van der Waals surface area contributed by atoms with Crippen LogP contribution in [-0.2, 0) is 4.79 Å². The molecule has 0 bridgehead atoms. The van der Waals surface area contributed by atoms with E-state index in [0.717, 1.165) is 38.8 Å². The van der Waals surface area contributed by atoms with Crippen molar-refractivity contribution < 1.29 is 18.3 Å². The molecule has 0 radical (unpaired) electrons. The van der Waals surface area contributed by atoms with E-state index in [-0.39, 0.29) is 11.7 Å². The molecular formula is C29H28FNO3. The third kappa shape index (κ3) is 4.60. The number of fused-ring (bicyclic) bond motifs is 1. The van der Waals surface area contributed by atoms with Gasteiger partial charge in [0.15, 0.2) is 0 Å². The minimum atomic E-state index is -0.359. The molecule has 5 heteroatoms. The number of carbonyl (C=O) groups excluding carboxylic acids is 1. The molecule has 1 heterocycles. The predicted molar refractivity (Wildman–Crippen MR) is 136 cm³/mol. The Kier molecular flexibility index (Phi) is 6.55. The number of aryl methyl sites for hydroxylation is 3. The highest BCUT2D eigenvalue weighted by atomic mass is 19.1. The predicted octanol–water partition coefficient (Wildman–Crippen LogP) is 7.60. The lowest BCUT2D eigenvalue weighted by Crippen LogP contribution is -2.09. The Balaban J connectivity index is 1.76. The topological polar surface area (TPSA) is 51.5 Å². The van der Waals surface area contributed by atoms with E-state index in [1.165, 1.54) is 17.7 Å². The van der Waals surface area contributed by atoms with Crippen LogP contribution in [0.1, 0.15) is 36.1 Å². The van der Waals surface area contributed by atoms with Crippen molar-refractivity contribution in [2.75, 3.05) is 11.9 Å². The number of carbonyl (C=O) groups is 1. The van der Waals surface area contributed by atoms with E-state index in [9.17, 15) is 9.18 Å². The monoisotopic (exact) mass is 457 g/mol. The van der Waals surface area contributed by atoms with E-state index in [1.54, 1.807) is 25.3 Å². The summed E-state index contributed by atoms with van der Waals surface area (Å²) in [4.78, 5) is 12.7. The zero-order chi connectivity index (χ0) is 24.4. The lowest BCUT2D eigenvalue weighted by Gasteiger charge is -2.15. The third-order valence-electron chi connectivity index (χ3n) is 5.91. The number of anilines is 1. The van der Waals surface area contributed by atoms with Crippen LogP contribution in [-0.4, -0.2) is 12.5 Å². The van der Waals surface area contributed by atoms with Gasteiger partial charge in [-0.15, -0.1) is 0 Å². The first-order valence-corrected chi connectivity index (χ1v) is 11.3. The van der Waals surface area contributed by atoms with Crippen molar-refractivity contribution in [2.45, 2.75) is 34.6 Å². The van der Waals surface area contributed by atoms with Crippen molar-refractivity contribution in [2.24, 2.45) is 0 Å². The van der Waals surface area contributed by atoms with Gasteiger partial charge in [-0.25, -0.2) is 4.39 Å². The second kappa shape index (κ2) is 9.56. The second-order valence-electron chi connectivity index (χ2n) is 8.48. The van der Waals surface area contributed by atoms with Gasteiger partial charge in [0.25, 0.3) is 0 Å². The van der Waals surface area contributed by atoms with Crippen LogP contribution in [0.2, 0.25) is 0 Å². The van der Waals surface area contributed by atoms with Crippen molar-refractivity contribution in [3.05, 3.63) is 88.9 Å². The summed E-state index contributed by atoms with van der Waals surface area (Å²) in [5, 5.41) is 3.69. The number of hydrogen-bond acceptors (Lipinski definition) is 3. The molecule has 174 valence electrons. The molecule has 0 atom stereocenters. The molecular weight excluding hydrogens is 429 g/mol. The zero-order valence-electron chi connectivity index (χ0n) is 20.1. The number of halogens is 1. The largest absolute Gasteiger partial charge is 0.493 e. The highest BCUT2D eigenvalue weighted by Gasteiger charge is 2.19. The van der Waals surface area contributed by atoms with E-state index in [1.807, 2.05) is 26.8 Å². The van der Waals surface area contributed by atoms with Crippen LogP contribution >= 0.6 is 0 Å². The highest BCUT2D eigenvalue weighted by Crippen LogP contribution is 2.40. The van der Waals surface area contributed by atoms with Gasteiger partial charge in [-0.3, -0.25) is 4.79 Å². The molecule has 4 nitrogen and oxygen atoms in total. The number of hydrogen-bond donors (Lipinski definition) is 1. The summed E-state index contributed by atoms with van der Waals surface area (Å²) < 4.78 is 25.8. The SMILES string of the molecule is CCOc1c(/C(C)=C/C(=O)Nc2ccc(C)c(F)c2)cc2c(-c3ccc(C)cc3)coc2c1C. The van der Waals surface area contributed by atoms with Crippen molar-refractivity contribution in [3.8, 4) is 16.9 Å². The fraction of sp³-hybridized carbons (Fsp3) is 0.207. The molecule has 3 aromatic carbocycles. The quantitative estimate of drug-likeness (QED) is 0.303. The van der Waals surface area contributed by atoms with Crippen LogP contribution in [0.15, 0.2) is 65.3 Å². The maximum Gasteiger partial charge on any atom is 0.248 e. The molecule has 0 aliphatic rings. The van der Waals surface area contributed by atoms with E-state index < -0.39 is 0 Å². The number of furan rings is 1. The second-order valence-corrected chi connectivity index (χ2v) is 8.48. The van der Waals surface area contributed by atoms with Crippen LogP contribution in [0.25, 0.3) is 27.7 Å². The summed E-state index contributed by atoms with van der Waals surface area (Å²) in [5.41, 5.74) is 7.34. The number of nitrogens with one attached hydrogen (secondary N) is 1. The van der Waals surface area contributed by atoms with Gasteiger partial charge in [0.1, 0.15) is 17.1 Å². The maximum atomic E-state index is 13.9. The summed E-state index contributed by atoms with van der Waals surface area (Å²) in [7, 11) is 0. The van der Waals surface area contributed by atoms with E-state index in [4.69, 9.17) is 9.15 Å². The summed E-state index contributed by atoms with van der Waals surface area (Å²) in [6, 6.07) is 14.9. The fourth-order valence-corrected chi connectivity index (χ4v) is 4.02. The van der Waals surface area contributed by atoms with Crippen LogP contribution in [0.3, 0.4) is 0 Å². The van der Waals surface area contributed by atoms with Crippen molar-refractivity contribution >= 4 is 28.1 Å². The third-order valence-corrected chi connectivity index (χ3v) is 5.91. The molecule has 0 spiro atoms. The smallest absolute Gasteiger partial charge is 0.248 e. The van der Waals surface area contributed by atoms with Crippen LogP contribution in [0.5, 0.6) is 5.75 Å². The maximum absolute atomic E-state index is 13.9. The highest BCUT2D eigenvalue weighted by molar-refractivity contribution is 6.06. The molecule has 34 heavy (non-hydrogen) atoms. The number of benzene rings is 3. The molecule has 0 fully saturated rings. The number of allylic oxidation sites excluding steroid dienone is 1. The first kappa shape index (κ1) is 23.3. The first-order chi connectivity index (χ1) is 16.3. The molecule has 4 rings (SSSR count). The zero-order valence-corrected chi connectivity index (χ0v) is 20.1. The molecule has 1 N–H and O–H groups in total. The standard InChI is InChI=1S/C29H28FNO3/c1-6-33-28-20(5)29-24(25(16-34-29)21-10-7-17(2)8-11-21)15-23(28)19(4)13-27(32)31-22-12-9-18(3)26(30)14-22/h7-16H,6H2,1-5H3,(H,31,32)/b19-13+. The minimum absolute atomic E-state index is 0.341. The minimum Gasteiger partial charge on any atom is -0.493 e. The Morgan fingerprint density at radius 3 is 2.50 bits per heavy atom. The summed E-state index contributed by atoms with van der Waals surface area (Å²) in [6.07, 6.45) is 3.27. The van der Waals surface area contributed by atoms with E-state index in [2.05, 4.69) is 36.5 Å². The normalized spacial score (nSPS) is 11.6. The number of amides is 1. The van der Waals surface area contributed by atoms with Gasteiger partial charge >= 0.3 is 0 Å². The summed E-state index contributed by atoms with van der Waals surface area (Å²) in [5.74, 6) is -0.0172. The average Bonchev–Trinajstić information content (AvgIpc) is 3.23. The Hall–Kier alpha value is -3.86. The van der Waals surface area contributed by atoms with Crippen LogP contribution in [0, 0.1) is 26.6 Å².